The van der Waals surface area contributed by atoms with Crippen LogP contribution in [0, 0.1) is 6.57 Å². The third-order valence-electron chi connectivity index (χ3n) is 1.30. The van der Waals surface area contributed by atoms with Crippen LogP contribution in [0.3, 0.4) is 0 Å². The molecule has 3 heteroatoms. The predicted molar refractivity (Wildman–Crippen MR) is 44.4 cm³/mol. The maximum atomic E-state index is 6.57. The Morgan fingerprint density at radius 2 is 2.36 bits per heavy atom. The summed E-state index contributed by atoms with van der Waals surface area (Å²) in [4.78, 5) is 7.14. The Morgan fingerprint density at radius 1 is 1.55 bits per heavy atom. The minimum atomic E-state index is 0.497. The molecule has 0 spiro atoms. The highest BCUT2D eigenvalue weighted by Gasteiger charge is 1.94. The lowest BCUT2D eigenvalue weighted by molar-refractivity contribution is 1.05. The summed E-state index contributed by atoms with van der Waals surface area (Å²) in [5.41, 5.74) is 1.06. The lowest BCUT2D eigenvalue weighted by Gasteiger charge is -1.93. The van der Waals surface area contributed by atoms with E-state index >= 15 is 0 Å². The fourth-order valence-corrected chi connectivity index (χ4v) is 0.851. The molecule has 0 aliphatic carbocycles. The Hall–Kier alpha value is -1.07. The van der Waals surface area contributed by atoms with Crippen molar-refractivity contribution in [3.05, 3.63) is 40.5 Å². The van der Waals surface area contributed by atoms with Crippen LogP contribution >= 0.6 is 11.6 Å². The molecule has 1 heterocycles. The highest BCUT2D eigenvalue weighted by molar-refractivity contribution is 6.29. The minimum Gasteiger partial charge on any atom is -0.317 e. The number of rotatable bonds is 2. The van der Waals surface area contributed by atoms with Gasteiger partial charge in [-0.3, -0.25) is 0 Å². The molecule has 11 heavy (non-hydrogen) atoms. The summed E-state index contributed by atoms with van der Waals surface area (Å²) in [6, 6.07) is 3.63. The quantitative estimate of drug-likeness (QED) is 0.486. The first kappa shape index (κ1) is 8.03. The van der Waals surface area contributed by atoms with Gasteiger partial charge in [0.2, 0.25) is 6.54 Å². The summed E-state index contributed by atoms with van der Waals surface area (Å²) in [7, 11) is 0. The van der Waals surface area contributed by atoms with Gasteiger partial charge < -0.3 is 4.85 Å². The van der Waals surface area contributed by atoms with Crippen LogP contribution in [0.15, 0.2) is 18.3 Å². The second-order valence-corrected chi connectivity index (χ2v) is 2.51. The van der Waals surface area contributed by atoms with E-state index < -0.39 is 0 Å². The molecular weight excluding hydrogens is 160 g/mol. The molecule has 0 fully saturated rings. The van der Waals surface area contributed by atoms with Crippen molar-refractivity contribution in [2.45, 2.75) is 6.42 Å². The van der Waals surface area contributed by atoms with Crippen LogP contribution in [0.4, 0.5) is 0 Å². The molecule has 0 bridgehead atoms. The molecule has 0 saturated heterocycles. The van der Waals surface area contributed by atoms with E-state index in [0.29, 0.717) is 11.7 Å². The topological polar surface area (TPSA) is 17.2 Å². The average Bonchev–Trinajstić information content (AvgIpc) is 2.04. The summed E-state index contributed by atoms with van der Waals surface area (Å²) < 4.78 is 0. The molecule has 0 atom stereocenters. The van der Waals surface area contributed by atoms with Gasteiger partial charge in [0.15, 0.2) is 0 Å². The van der Waals surface area contributed by atoms with E-state index in [9.17, 15) is 0 Å². The maximum Gasteiger partial charge on any atom is 0.218 e. The fraction of sp³-hybridized carbons (Fsp3) is 0.250. The zero-order chi connectivity index (χ0) is 8.10. The van der Waals surface area contributed by atoms with Crippen molar-refractivity contribution in [3.8, 4) is 0 Å². The molecule has 0 aliphatic rings. The van der Waals surface area contributed by atoms with E-state index in [1.54, 1.807) is 12.3 Å². The molecule has 0 N–H and O–H groups in total. The number of hydrogen-bond acceptors (Lipinski definition) is 1. The van der Waals surface area contributed by atoms with Gasteiger partial charge in [-0.05, 0) is 11.6 Å². The van der Waals surface area contributed by atoms with Crippen molar-refractivity contribution < 1.29 is 0 Å². The van der Waals surface area contributed by atoms with E-state index in [0.717, 1.165) is 12.0 Å². The largest absolute Gasteiger partial charge is 0.317 e. The van der Waals surface area contributed by atoms with Gasteiger partial charge in [-0.25, -0.2) is 11.6 Å². The summed E-state index contributed by atoms with van der Waals surface area (Å²) in [5.74, 6) is 0. The molecule has 0 aromatic carbocycles. The summed E-state index contributed by atoms with van der Waals surface area (Å²) in [6.07, 6.45) is 2.46. The van der Waals surface area contributed by atoms with Crippen molar-refractivity contribution in [1.82, 2.24) is 4.98 Å². The van der Waals surface area contributed by atoms with Gasteiger partial charge in [0.1, 0.15) is 5.15 Å². The van der Waals surface area contributed by atoms with Gasteiger partial charge in [0, 0.05) is 12.6 Å². The van der Waals surface area contributed by atoms with E-state index in [2.05, 4.69) is 9.83 Å². The van der Waals surface area contributed by atoms with Crippen molar-refractivity contribution in [3.63, 3.8) is 0 Å². The molecule has 0 saturated carbocycles. The Morgan fingerprint density at radius 3 is 2.91 bits per heavy atom. The van der Waals surface area contributed by atoms with Crippen LogP contribution in [0.2, 0.25) is 5.15 Å². The number of aromatic nitrogens is 1. The predicted octanol–water partition coefficient (Wildman–Crippen LogP) is 2.20. The first-order valence-electron chi connectivity index (χ1n) is 3.26. The SMILES string of the molecule is [C-]#[N+]CCc1ccc(Cl)nc1. The molecule has 56 valence electrons. The van der Waals surface area contributed by atoms with E-state index in [4.69, 9.17) is 18.2 Å². The van der Waals surface area contributed by atoms with Crippen LogP contribution in [-0.4, -0.2) is 11.5 Å². The minimum absolute atomic E-state index is 0.497. The Kier molecular flexibility index (Phi) is 2.88. The van der Waals surface area contributed by atoms with Gasteiger partial charge in [-0.2, -0.15) is 0 Å². The zero-order valence-electron chi connectivity index (χ0n) is 5.92. The van der Waals surface area contributed by atoms with Crippen LogP contribution in [0.5, 0.6) is 0 Å². The lowest BCUT2D eigenvalue weighted by atomic mass is 10.2. The zero-order valence-corrected chi connectivity index (χ0v) is 6.67. The van der Waals surface area contributed by atoms with Crippen LogP contribution in [0.1, 0.15) is 5.56 Å². The monoisotopic (exact) mass is 166 g/mol. The molecule has 1 aromatic rings. The molecular formula is C8H7ClN2. The number of pyridine rings is 1. The molecule has 1 rings (SSSR count). The Bertz CT molecular complexity index is 260. The molecule has 1 aromatic heterocycles. The van der Waals surface area contributed by atoms with Gasteiger partial charge in [-0.1, -0.05) is 17.7 Å². The van der Waals surface area contributed by atoms with E-state index in [1.807, 2.05) is 6.07 Å². The number of hydrogen-bond donors (Lipinski definition) is 0. The fourth-order valence-electron chi connectivity index (χ4n) is 0.739. The van der Waals surface area contributed by atoms with Crippen molar-refractivity contribution in [2.24, 2.45) is 0 Å². The van der Waals surface area contributed by atoms with Crippen LogP contribution in [0.25, 0.3) is 4.85 Å². The highest BCUT2D eigenvalue weighted by atomic mass is 35.5. The molecule has 0 unspecified atom stereocenters. The van der Waals surface area contributed by atoms with Crippen molar-refractivity contribution in [1.29, 1.82) is 0 Å². The standard InChI is InChI=1S/C8H7ClN2/c1-10-5-4-7-2-3-8(9)11-6-7/h2-3,6H,4-5H2. The molecule has 0 radical (unpaired) electrons. The second-order valence-electron chi connectivity index (χ2n) is 2.12. The second kappa shape index (κ2) is 3.95. The normalized spacial score (nSPS) is 9.09. The molecule has 0 aliphatic heterocycles. The maximum absolute atomic E-state index is 6.57. The molecule has 2 nitrogen and oxygen atoms in total. The van der Waals surface area contributed by atoms with Crippen LogP contribution < -0.4 is 0 Å². The van der Waals surface area contributed by atoms with E-state index in [-0.39, 0.29) is 0 Å². The van der Waals surface area contributed by atoms with E-state index in [1.165, 1.54) is 0 Å². The number of nitrogens with zero attached hydrogens (tertiary/aromatic N) is 2. The lowest BCUT2D eigenvalue weighted by Crippen LogP contribution is -1.88. The van der Waals surface area contributed by atoms with Gasteiger partial charge in [-0.15, -0.1) is 0 Å². The first-order valence-corrected chi connectivity index (χ1v) is 3.64. The smallest absolute Gasteiger partial charge is 0.218 e. The first-order chi connectivity index (χ1) is 5.33. The number of halogens is 1. The average molecular weight is 167 g/mol. The van der Waals surface area contributed by atoms with Crippen LogP contribution in [-0.2, 0) is 6.42 Å². The van der Waals surface area contributed by atoms with Gasteiger partial charge in [0.05, 0.1) is 0 Å². The molecule has 0 amide bonds. The highest BCUT2D eigenvalue weighted by Crippen LogP contribution is 2.05. The van der Waals surface area contributed by atoms with Gasteiger partial charge >= 0.3 is 0 Å². The summed E-state index contributed by atoms with van der Waals surface area (Å²) >= 11 is 5.57. The Labute approximate surface area is 70.7 Å². The third-order valence-corrected chi connectivity index (χ3v) is 1.52. The van der Waals surface area contributed by atoms with Crippen molar-refractivity contribution in [2.75, 3.05) is 6.54 Å². The third kappa shape index (κ3) is 2.57. The van der Waals surface area contributed by atoms with Gasteiger partial charge in [0.25, 0.3) is 0 Å². The summed E-state index contributed by atoms with van der Waals surface area (Å²) in [5, 5.41) is 0.497. The summed E-state index contributed by atoms with van der Waals surface area (Å²) in [6.45, 7) is 7.09. The Balaban J connectivity index is 2.60. The van der Waals surface area contributed by atoms with Crippen molar-refractivity contribution >= 4 is 11.6 Å².